The predicted octanol–water partition coefficient (Wildman–Crippen LogP) is 2.35. The van der Waals surface area contributed by atoms with Crippen LogP contribution in [0.5, 0.6) is 0 Å². The number of carbonyl (C=O) groups is 1. The minimum atomic E-state index is -0.462. The van der Waals surface area contributed by atoms with Gasteiger partial charge in [-0.15, -0.1) is 0 Å². The molecule has 0 aliphatic carbocycles. The second kappa shape index (κ2) is 9.30. The number of aliphatic imine (C=N–C) groups is 1. The van der Waals surface area contributed by atoms with Crippen LogP contribution in [0.3, 0.4) is 0 Å². The molecule has 1 unspecified atom stereocenters. The summed E-state index contributed by atoms with van der Waals surface area (Å²) in [4.78, 5) is 18.5. The van der Waals surface area contributed by atoms with E-state index < -0.39 is 5.60 Å². The first-order valence-electron chi connectivity index (χ1n) is 10.0. The van der Waals surface area contributed by atoms with Crippen molar-refractivity contribution < 1.29 is 9.53 Å². The summed E-state index contributed by atoms with van der Waals surface area (Å²) in [5, 5.41) is 11.2. The van der Waals surface area contributed by atoms with Crippen molar-refractivity contribution in [1.82, 2.24) is 25.3 Å². The maximum atomic E-state index is 12.3. The zero-order chi connectivity index (χ0) is 20.9. The number of rotatable bonds is 4. The van der Waals surface area contributed by atoms with Gasteiger partial charge in [-0.1, -0.05) is 0 Å². The number of aryl methyl sites for hydroxylation is 2. The summed E-state index contributed by atoms with van der Waals surface area (Å²) in [7, 11) is 3.73. The lowest BCUT2D eigenvalue weighted by molar-refractivity contribution is 0.0168. The lowest BCUT2D eigenvalue weighted by Crippen LogP contribution is -2.47. The molecule has 8 heteroatoms. The minimum Gasteiger partial charge on any atom is -0.444 e. The fraction of sp³-hybridized carbons (Fsp3) is 0.750. The molecule has 1 aromatic heterocycles. The Balaban J connectivity index is 1.83. The number of hydrogen-bond acceptors (Lipinski definition) is 4. The number of nitrogens with one attached hydrogen (secondary N) is 2. The van der Waals surface area contributed by atoms with Crippen LogP contribution in [0.15, 0.2) is 4.99 Å². The Kier molecular flexibility index (Phi) is 7.32. The van der Waals surface area contributed by atoms with Crippen LogP contribution < -0.4 is 10.6 Å². The van der Waals surface area contributed by atoms with Gasteiger partial charge in [-0.3, -0.25) is 9.67 Å². The lowest BCUT2D eigenvalue weighted by Gasteiger charge is -2.34. The molecule has 1 fully saturated rings. The molecule has 28 heavy (non-hydrogen) atoms. The van der Waals surface area contributed by atoms with Crippen LogP contribution in [0, 0.1) is 19.8 Å². The first-order chi connectivity index (χ1) is 13.1. The van der Waals surface area contributed by atoms with Gasteiger partial charge in [0.05, 0.1) is 5.69 Å². The second-order valence-corrected chi connectivity index (χ2v) is 8.51. The Labute approximate surface area is 168 Å². The SMILES string of the molecule is CN=C(NCc1c(C)nn(C)c1C)NCC1CCCN(C(=O)OC(C)(C)C)C1. The summed E-state index contributed by atoms with van der Waals surface area (Å²) in [6, 6.07) is 0. The summed E-state index contributed by atoms with van der Waals surface area (Å²) < 4.78 is 7.41. The lowest BCUT2D eigenvalue weighted by atomic mass is 9.98. The normalized spacial score (nSPS) is 18.2. The maximum Gasteiger partial charge on any atom is 0.410 e. The molecule has 8 nitrogen and oxygen atoms in total. The van der Waals surface area contributed by atoms with E-state index in [-0.39, 0.29) is 6.09 Å². The van der Waals surface area contributed by atoms with Crippen molar-refractivity contribution in [2.24, 2.45) is 18.0 Å². The summed E-state index contributed by atoms with van der Waals surface area (Å²) in [5.41, 5.74) is 2.92. The molecule has 0 aromatic carbocycles. The zero-order valence-electron chi connectivity index (χ0n) is 18.4. The van der Waals surface area contributed by atoms with Gasteiger partial charge in [-0.05, 0) is 53.4 Å². The Morgan fingerprint density at radius 2 is 2.04 bits per heavy atom. The largest absolute Gasteiger partial charge is 0.444 e. The average Bonchev–Trinajstić information content (AvgIpc) is 2.86. The molecule has 0 bridgehead atoms. The fourth-order valence-electron chi connectivity index (χ4n) is 3.43. The van der Waals surface area contributed by atoms with E-state index in [9.17, 15) is 4.79 Å². The molecule has 2 heterocycles. The first kappa shape index (κ1) is 22.0. The van der Waals surface area contributed by atoms with E-state index >= 15 is 0 Å². The number of amides is 1. The van der Waals surface area contributed by atoms with Crippen molar-refractivity contribution in [3.05, 3.63) is 17.0 Å². The van der Waals surface area contributed by atoms with Crippen molar-refractivity contribution in [3.8, 4) is 0 Å². The van der Waals surface area contributed by atoms with Crippen LogP contribution in [0.2, 0.25) is 0 Å². The Bertz CT molecular complexity index is 704. The molecule has 0 spiro atoms. The molecule has 1 aliphatic rings. The van der Waals surface area contributed by atoms with Gasteiger partial charge in [0.25, 0.3) is 0 Å². The quantitative estimate of drug-likeness (QED) is 0.607. The third-order valence-corrected chi connectivity index (χ3v) is 5.04. The van der Waals surface area contributed by atoms with Crippen molar-refractivity contribution in [3.63, 3.8) is 0 Å². The maximum absolute atomic E-state index is 12.3. The second-order valence-electron chi connectivity index (χ2n) is 8.51. The predicted molar refractivity (Wildman–Crippen MR) is 111 cm³/mol. The molecule has 0 radical (unpaired) electrons. The van der Waals surface area contributed by atoms with Crippen LogP contribution in [-0.4, -0.2) is 59.0 Å². The van der Waals surface area contributed by atoms with Crippen molar-refractivity contribution in [2.75, 3.05) is 26.7 Å². The van der Waals surface area contributed by atoms with Crippen LogP contribution in [0.4, 0.5) is 4.79 Å². The summed E-state index contributed by atoms with van der Waals surface area (Å²) in [5.74, 6) is 1.14. The molecule has 2 N–H and O–H groups in total. The fourth-order valence-corrected chi connectivity index (χ4v) is 3.43. The molecular weight excluding hydrogens is 356 g/mol. The van der Waals surface area contributed by atoms with E-state index in [1.807, 2.05) is 44.3 Å². The van der Waals surface area contributed by atoms with Crippen molar-refractivity contribution in [2.45, 2.75) is 59.6 Å². The molecule has 1 aromatic rings. The van der Waals surface area contributed by atoms with Gasteiger partial charge in [-0.2, -0.15) is 5.10 Å². The average molecular weight is 393 g/mol. The van der Waals surface area contributed by atoms with Crippen LogP contribution in [0.1, 0.15) is 50.6 Å². The summed E-state index contributed by atoms with van der Waals surface area (Å²) in [6.07, 6.45) is 1.86. The van der Waals surface area contributed by atoms with Crippen LogP contribution >= 0.6 is 0 Å². The summed E-state index contributed by atoms with van der Waals surface area (Å²) in [6.45, 7) is 12.7. The van der Waals surface area contributed by atoms with E-state index in [4.69, 9.17) is 4.74 Å². The van der Waals surface area contributed by atoms with Crippen molar-refractivity contribution >= 4 is 12.1 Å². The molecule has 158 valence electrons. The molecule has 1 aliphatic heterocycles. The number of guanidine groups is 1. The molecule has 1 amide bonds. The topological polar surface area (TPSA) is 83.8 Å². The van der Waals surface area contributed by atoms with E-state index in [2.05, 4.69) is 27.6 Å². The third-order valence-electron chi connectivity index (χ3n) is 5.04. The highest BCUT2D eigenvalue weighted by atomic mass is 16.6. The molecule has 1 saturated heterocycles. The number of nitrogens with zero attached hydrogens (tertiary/aromatic N) is 4. The number of piperidine rings is 1. The monoisotopic (exact) mass is 392 g/mol. The number of carbonyl (C=O) groups excluding carboxylic acids is 1. The zero-order valence-corrected chi connectivity index (χ0v) is 18.4. The van der Waals surface area contributed by atoms with Gasteiger partial charge in [-0.25, -0.2) is 4.79 Å². The number of likely N-dealkylation sites (tertiary alicyclic amines) is 1. The molecule has 1 atom stereocenters. The molecule has 0 saturated carbocycles. The smallest absolute Gasteiger partial charge is 0.410 e. The highest BCUT2D eigenvalue weighted by Gasteiger charge is 2.27. The Morgan fingerprint density at radius 3 is 2.61 bits per heavy atom. The highest BCUT2D eigenvalue weighted by Crippen LogP contribution is 2.19. The van der Waals surface area contributed by atoms with Crippen LogP contribution in [-0.2, 0) is 18.3 Å². The summed E-state index contributed by atoms with van der Waals surface area (Å²) >= 11 is 0. The van der Waals surface area contributed by atoms with Gasteiger partial charge in [0, 0.05) is 51.5 Å². The number of ether oxygens (including phenoxy) is 1. The van der Waals surface area contributed by atoms with Gasteiger partial charge in [0.2, 0.25) is 0 Å². The van der Waals surface area contributed by atoms with Crippen molar-refractivity contribution in [1.29, 1.82) is 0 Å². The van der Waals surface area contributed by atoms with Gasteiger partial charge in [0.15, 0.2) is 5.96 Å². The highest BCUT2D eigenvalue weighted by molar-refractivity contribution is 5.79. The number of aromatic nitrogens is 2. The Morgan fingerprint density at radius 1 is 1.32 bits per heavy atom. The number of hydrogen-bond donors (Lipinski definition) is 2. The Hall–Kier alpha value is -2.25. The van der Waals surface area contributed by atoms with Gasteiger partial charge < -0.3 is 20.3 Å². The van der Waals surface area contributed by atoms with E-state index in [0.717, 1.165) is 43.3 Å². The molecular formula is C20H36N6O2. The van der Waals surface area contributed by atoms with E-state index in [1.54, 1.807) is 7.05 Å². The van der Waals surface area contributed by atoms with Gasteiger partial charge >= 0.3 is 6.09 Å². The third kappa shape index (κ3) is 6.14. The first-order valence-corrected chi connectivity index (χ1v) is 10.0. The van der Waals surface area contributed by atoms with Gasteiger partial charge in [0.1, 0.15) is 5.60 Å². The molecule has 2 rings (SSSR count). The van der Waals surface area contributed by atoms with E-state index in [0.29, 0.717) is 19.0 Å². The standard InChI is InChI=1S/C20H36N6O2/c1-14-17(15(2)25(7)24-14)12-23-18(21-6)22-11-16-9-8-10-26(13-16)19(27)28-20(3,4)5/h16H,8-13H2,1-7H3,(H2,21,22,23). The minimum absolute atomic E-state index is 0.220. The van der Waals surface area contributed by atoms with Crippen LogP contribution in [0.25, 0.3) is 0 Å². The van der Waals surface area contributed by atoms with E-state index in [1.165, 1.54) is 5.56 Å².